The molecule has 7 heteroatoms. The Morgan fingerprint density at radius 1 is 1.18 bits per heavy atom. The van der Waals surface area contributed by atoms with Crippen molar-refractivity contribution in [1.82, 2.24) is 15.8 Å². The monoisotopic (exact) mass is 387 g/mol. The zero-order valence-electron chi connectivity index (χ0n) is 16.8. The lowest BCUT2D eigenvalue weighted by Crippen LogP contribution is -2.50. The Kier molecular flexibility index (Phi) is 7.75. The highest BCUT2D eigenvalue weighted by atomic mass is 16.6. The van der Waals surface area contributed by atoms with E-state index in [-0.39, 0.29) is 23.5 Å². The van der Waals surface area contributed by atoms with Crippen LogP contribution in [0.4, 0.5) is 4.79 Å². The van der Waals surface area contributed by atoms with Crippen LogP contribution < -0.4 is 10.7 Å². The molecule has 152 valence electrons. The molecule has 2 atom stereocenters. The van der Waals surface area contributed by atoms with E-state index in [4.69, 9.17) is 4.74 Å². The number of nitrogens with zero attached hydrogens (tertiary/aromatic N) is 1. The molecule has 2 unspecified atom stereocenters. The van der Waals surface area contributed by atoms with Gasteiger partial charge in [0.2, 0.25) is 17.9 Å². The number of hydrogen-bond donors (Lipinski definition) is 2. The second-order valence-corrected chi connectivity index (χ2v) is 7.73. The normalized spacial score (nSPS) is 18.0. The van der Waals surface area contributed by atoms with Gasteiger partial charge in [-0.3, -0.25) is 9.59 Å². The first-order valence-corrected chi connectivity index (χ1v) is 9.58. The Hall–Kier alpha value is -2.67. The number of carbonyl (C=O) groups excluding carboxylic acids is 3. The smallest absolute Gasteiger partial charge is 0.420 e. The first-order chi connectivity index (χ1) is 13.3. The molecular weight excluding hydrogens is 358 g/mol. The predicted molar refractivity (Wildman–Crippen MR) is 107 cm³/mol. The molecular formula is C21H29N3O4. The van der Waals surface area contributed by atoms with E-state index in [0.717, 1.165) is 5.56 Å². The predicted octanol–water partition coefficient (Wildman–Crippen LogP) is 2.74. The standard InChI is InChI=1S/C21H29N3O4/c1-14(2)12-17(22-18(25)11-10-16-8-6-5-7-9-16)19(26)20-23-24(13-15(3)4)21(27)28-20/h5-11,14-15,17,20,23H,12-13H2,1-4H3,(H,22,25)/b11-10+. The van der Waals surface area contributed by atoms with Gasteiger partial charge in [0.05, 0.1) is 6.04 Å². The summed E-state index contributed by atoms with van der Waals surface area (Å²) in [7, 11) is 0. The van der Waals surface area contributed by atoms with Crippen molar-refractivity contribution in [2.75, 3.05) is 6.54 Å². The molecule has 2 amide bonds. The van der Waals surface area contributed by atoms with Gasteiger partial charge in [0.15, 0.2) is 0 Å². The minimum atomic E-state index is -1.09. The van der Waals surface area contributed by atoms with E-state index in [1.54, 1.807) is 6.08 Å². The third-order valence-electron chi connectivity index (χ3n) is 4.11. The van der Waals surface area contributed by atoms with Crippen LogP contribution in [0, 0.1) is 11.8 Å². The van der Waals surface area contributed by atoms with Crippen molar-refractivity contribution in [2.45, 2.75) is 46.4 Å². The minimum absolute atomic E-state index is 0.177. The fourth-order valence-corrected chi connectivity index (χ4v) is 2.86. The Balaban J connectivity index is 2.02. The number of rotatable bonds is 9. The summed E-state index contributed by atoms with van der Waals surface area (Å²) in [4.78, 5) is 37.1. The summed E-state index contributed by atoms with van der Waals surface area (Å²) in [6.07, 6.45) is 1.86. The molecule has 7 nitrogen and oxygen atoms in total. The Labute approximate surface area is 166 Å². The Morgan fingerprint density at radius 2 is 1.86 bits per heavy atom. The summed E-state index contributed by atoms with van der Waals surface area (Å²) in [5.74, 6) is -0.333. The van der Waals surface area contributed by atoms with Crippen LogP contribution >= 0.6 is 0 Å². The van der Waals surface area contributed by atoms with Crippen molar-refractivity contribution in [3.05, 3.63) is 42.0 Å². The number of nitrogens with one attached hydrogen (secondary N) is 2. The molecule has 0 bridgehead atoms. The number of Topliss-reactive ketones (excluding diaryl/α,β-unsaturated/α-hetero) is 1. The first kappa shape index (κ1) is 21.6. The molecule has 1 fully saturated rings. The maximum Gasteiger partial charge on any atom is 0.426 e. The highest BCUT2D eigenvalue weighted by Gasteiger charge is 2.39. The summed E-state index contributed by atoms with van der Waals surface area (Å²) < 4.78 is 5.17. The SMILES string of the molecule is CC(C)CC(NC(=O)/C=C/c1ccccc1)C(=O)C1NN(CC(C)C)C(=O)O1. The number of hydrogen-bond acceptors (Lipinski definition) is 5. The largest absolute Gasteiger partial charge is 0.426 e. The highest BCUT2D eigenvalue weighted by molar-refractivity contribution is 5.98. The van der Waals surface area contributed by atoms with Gasteiger partial charge in [-0.15, -0.1) is 0 Å². The van der Waals surface area contributed by atoms with Crippen molar-refractivity contribution in [1.29, 1.82) is 0 Å². The van der Waals surface area contributed by atoms with Gasteiger partial charge in [0.25, 0.3) is 0 Å². The van der Waals surface area contributed by atoms with Crippen LogP contribution in [0.25, 0.3) is 6.08 Å². The lowest BCUT2D eigenvalue weighted by Gasteiger charge is -2.21. The van der Waals surface area contributed by atoms with Crippen LogP contribution in [0.15, 0.2) is 36.4 Å². The molecule has 1 aromatic rings. The molecule has 0 aliphatic carbocycles. The zero-order valence-corrected chi connectivity index (χ0v) is 16.8. The number of benzene rings is 1. The zero-order chi connectivity index (χ0) is 20.7. The number of hydrazine groups is 1. The van der Waals surface area contributed by atoms with Gasteiger partial charge in [-0.1, -0.05) is 58.0 Å². The van der Waals surface area contributed by atoms with E-state index in [1.165, 1.54) is 11.1 Å². The van der Waals surface area contributed by atoms with Gasteiger partial charge in [-0.05, 0) is 29.9 Å². The van der Waals surface area contributed by atoms with E-state index in [2.05, 4.69) is 10.7 Å². The van der Waals surface area contributed by atoms with E-state index in [9.17, 15) is 14.4 Å². The third-order valence-corrected chi connectivity index (χ3v) is 4.11. The average molecular weight is 387 g/mol. The van der Waals surface area contributed by atoms with Gasteiger partial charge >= 0.3 is 6.09 Å². The summed E-state index contributed by atoms with van der Waals surface area (Å²) in [6, 6.07) is 8.67. The molecule has 2 N–H and O–H groups in total. The summed E-state index contributed by atoms with van der Waals surface area (Å²) in [5, 5.41) is 4.04. The van der Waals surface area contributed by atoms with Crippen LogP contribution in [0.2, 0.25) is 0 Å². The maximum atomic E-state index is 12.9. The average Bonchev–Trinajstić information content (AvgIpc) is 2.99. The first-order valence-electron chi connectivity index (χ1n) is 9.58. The van der Waals surface area contributed by atoms with E-state index in [1.807, 2.05) is 58.0 Å². The van der Waals surface area contributed by atoms with Gasteiger partial charge < -0.3 is 10.1 Å². The van der Waals surface area contributed by atoms with Crippen molar-refractivity contribution in [2.24, 2.45) is 11.8 Å². The molecule has 0 saturated carbocycles. The minimum Gasteiger partial charge on any atom is -0.420 e. The van der Waals surface area contributed by atoms with E-state index >= 15 is 0 Å². The molecule has 1 aliphatic heterocycles. The number of ether oxygens (including phenoxy) is 1. The molecule has 0 spiro atoms. The second-order valence-electron chi connectivity index (χ2n) is 7.73. The van der Waals surface area contributed by atoms with Gasteiger partial charge in [0.1, 0.15) is 0 Å². The van der Waals surface area contributed by atoms with Crippen LogP contribution in [0.1, 0.15) is 39.7 Å². The summed E-state index contributed by atoms with van der Waals surface area (Å²) >= 11 is 0. The fourth-order valence-electron chi connectivity index (χ4n) is 2.86. The molecule has 0 radical (unpaired) electrons. The third kappa shape index (κ3) is 6.49. The summed E-state index contributed by atoms with van der Waals surface area (Å²) in [6.45, 7) is 8.29. The topological polar surface area (TPSA) is 87.7 Å². The van der Waals surface area contributed by atoms with E-state index < -0.39 is 18.4 Å². The van der Waals surface area contributed by atoms with Crippen LogP contribution in [-0.4, -0.2) is 41.6 Å². The number of cyclic esters (lactones) is 1. The molecule has 1 aromatic carbocycles. The maximum absolute atomic E-state index is 12.9. The van der Waals surface area contributed by atoms with E-state index in [0.29, 0.717) is 13.0 Å². The van der Waals surface area contributed by atoms with Crippen LogP contribution in [0.5, 0.6) is 0 Å². The molecule has 0 aromatic heterocycles. The molecule has 2 rings (SSSR count). The van der Waals surface area contributed by atoms with Crippen molar-refractivity contribution < 1.29 is 19.1 Å². The number of carbonyl (C=O) groups is 3. The van der Waals surface area contributed by atoms with Crippen molar-refractivity contribution in [3.8, 4) is 0 Å². The number of amides is 2. The lowest BCUT2D eigenvalue weighted by atomic mass is 9.99. The van der Waals surface area contributed by atoms with Crippen molar-refractivity contribution >= 4 is 23.9 Å². The van der Waals surface area contributed by atoms with Crippen LogP contribution in [0.3, 0.4) is 0 Å². The lowest BCUT2D eigenvalue weighted by molar-refractivity contribution is -0.132. The van der Waals surface area contributed by atoms with Gasteiger partial charge in [-0.25, -0.2) is 9.80 Å². The summed E-state index contributed by atoms with van der Waals surface area (Å²) in [5.41, 5.74) is 3.69. The second kappa shape index (κ2) is 10.0. The van der Waals surface area contributed by atoms with Gasteiger partial charge in [0, 0.05) is 12.6 Å². The fraction of sp³-hybridized carbons (Fsp3) is 0.476. The molecule has 1 heterocycles. The highest BCUT2D eigenvalue weighted by Crippen LogP contribution is 2.14. The quantitative estimate of drug-likeness (QED) is 0.636. The Morgan fingerprint density at radius 3 is 2.46 bits per heavy atom. The van der Waals surface area contributed by atoms with Gasteiger partial charge in [-0.2, -0.15) is 5.43 Å². The number of ketones is 1. The molecule has 28 heavy (non-hydrogen) atoms. The molecule has 1 aliphatic rings. The molecule has 1 saturated heterocycles. The van der Waals surface area contributed by atoms with Crippen LogP contribution in [-0.2, 0) is 14.3 Å². The Bertz CT molecular complexity index is 716. The van der Waals surface area contributed by atoms with Crippen molar-refractivity contribution in [3.63, 3.8) is 0 Å².